The van der Waals surface area contributed by atoms with Gasteiger partial charge in [-0.1, -0.05) is 27.7 Å². The number of hydrogen-bond donors (Lipinski definition) is 1. The molecule has 70 valence electrons. The fourth-order valence-corrected chi connectivity index (χ4v) is 0.656. The highest BCUT2D eigenvalue weighted by Crippen LogP contribution is 2.15. The first kappa shape index (κ1) is 13.5. The minimum absolute atomic E-state index is 0.507. The summed E-state index contributed by atoms with van der Waals surface area (Å²) in [5.41, 5.74) is -0.528. The second-order valence-corrected chi connectivity index (χ2v) is 2.30. The van der Waals surface area contributed by atoms with Gasteiger partial charge in [-0.2, -0.15) is 0 Å². The topological polar surface area (TPSA) is 29.5 Å². The van der Waals surface area contributed by atoms with Crippen LogP contribution in [0.1, 0.15) is 41.0 Å². The molecule has 0 spiro atoms. The normalized spacial score (nSPS) is 27.8. The van der Waals surface area contributed by atoms with Crippen LogP contribution in [-0.2, 0) is 4.74 Å². The lowest BCUT2D eigenvalue weighted by molar-refractivity contribution is 0.0435. The molecular formula is C9H22O2. The molecule has 1 aliphatic rings. The van der Waals surface area contributed by atoms with Crippen molar-refractivity contribution < 1.29 is 9.84 Å². The molecule has 2 nitrogen and oxygen atoms in total. The second kappa shape index (κ2) is 8.02. The molecule has 2 heteroatoms. The van der Waals surface area contributed by atoms with Crippen molar-refractivity contribution in [2.24, 2.45) is 0 Å². The van der Waals surface area contributed by atoms with E-state index in [-0.39, 0.29) is 0 Å². The van der Waals surface area contributed by atoms with Crippen LogP contribution in [-0.4, -0.2) is 23.9 Å². The summed E-state index contributed by atoms with van der Waals surface area (Å²) in [5, 5.41) is 9.07. The van der Waals surface area contributed by atoms with Crippen LogP contribution in [0.25, 0.3) is 0 Å². The third kappa shape index (κ3) is 7.82. The van der Waals surface area contributed by atoms with E-state index in [1.54, 1.807) is 6.92 Å². The molecule has 1 aliphatic heterocycles. The Bertz CT molecular complexity index is 62.0. The van der Waals surface area contributed by atoms with Crippen LogP contribution in [0, 0.1) is 0 Å². The maximum absolute atomic E-state index is 9.07. The lowest BCUT2D eigenvalue weighted by Gasteiger charge is -2.10. The van der Waals surface area contributed by atoms with Gasteiger partial charge in [-0.25, -0.2) is 0 Å². The Kier molecular flexibility index (Phi) is 9.85. The first-order valence-electron chi connectivity index (χ1n) is 4.51. The van der Waals surface area contributed by atoms with E-state index < -0.39 is 5.60 Å². The fourth-order valence-electron chi connectivity index (χ4n) is 0.656. The number of ether oxygens (including phenoxy) is 1. The molecule has 0 aliphatic carbocycles. The van der Waals surface area contributed by atoms with E-state index >= 15 is 0 Å². The van der Waals surface area contributed by atoms with Crippen molar-refractivity contribution in [1.82, 2.24) is 0 Å². The molecule has 1 heterocycles. The van der Waals surface area contributed by atoms with Crippen molar-refractivity contribution in [3.63, 3.8) is 0 Å². The summed E-state index contributed by atoms with van der Waals surface area (Å²) in [6.45, 7) is 11.0. The van der Waals surface area contributed by atoms with Crippen LogP contribution in [0.3, 0.4) is 0 Å². The molecule has 0 bridgehead atoms. The molecule has 0 radical (unpaired) electrons. The van der Waals surface area contributed by atoms with E-state index in [2.05, 4.69) is 0 Å². The van der Waals surface area contributed by atoms with Crippen molar-refractivity contribution in [2.45, 2.75) is 46.6 Å². The first-order chi connectivity index (χ1) is 5.21. The van der Waals surface area contributed by atoms with Crippen molar-refractivity contribution in [3.05, 3.63) is 0 Å². The molecule has 1 N–H and O–H groups in total. The van der Waals surface area contributed by atoms with Gasteiger partial charge in [0.1, 0.15) is 0 Å². The zero-order valence-electron chi connectivity index (χ0n) is 8.48. The minimum Gasteiger partial charge on any atom is -0.388 e. The van der Waals surface area contributed by atoms with Crippen LogP contribution in [0.15, 0.2) is 0 Å². The van der Waals surface area contributed by atoms with Gasteiger partial charge in [-0.3, -0.25) is 0 Å². The van der Waals surface area contributed by atoms with E-state index in [0.29, 0.717) is 13.2 Å². The van der Waals surface area contributed by atoms with Crippen LogP contribution < -0.4 is 0 Å². The SMILES string of the molecule is CC.CC.CC1(O)CCOC1. The second-order valence-electron chi connectivity index (χ2n) is 2.30. The van der Waals surface area contributed by atoms with Crippen LogP contribution in [0.2, 0.25) is 0 Å². The zero-order chi connectivity index (χ0) is 9.33. The highest BCUT2D eigenvalue weighted by Gasteiger charge is 2.25. The molecule has 0 aromatic carbocycles. The van der Waals surface area contributed by atoms with Gasteiger partial charge in [0.25, 0.3) is 0 Å². The lowest BCUT2D eigenvalue weighted by atomic mass is 10.1. The Morgan fingerprint density at radius 2 is 1.64 bits per heavy atom. The molecule has 1 fully saturated rings. The summed E-state index contributed by atoms with van der Waals surface area (Å²) in [4.78, 5) is 0. The summed E-state index contributed by atoms with van der Waals surface area (Å²) in [6, 6.07) is 0. The van der Waals surface area contributed by atoms with Crippen molar-refractivity contribution in [3.8, 4) is 0 Å². The van der Waals surface area contributed by atoms with Gasteiger partial charge < -0.3 is 9.84 Å². The predicted molar refractivity (Wildman–Crippen MR) is 48.8 cm³/mol. The smallest absolute Gasteiger partial charge is 0.0874 e. The van der Waals surface area contributed by atoms with Gasteiger partial charge in [-0.05, 0) is 6.92 Å². The Labute approximate surface area is 70.6 Å². The van der Waals surface area contributed by atoms with Gasteiger partial charge in [-0.15, -0.1) is 0 Å². The van der Waals surface area contributed by atoms with Gasteiger partial charge in [0.05, 0.1) is 12.2 Å². The summed E-state index contributed by atoms with van der Waals surface area (Å²) < 4.78 is 4.91. The van der Waals surface area contributed by atoms with E-state index in [9.17, 15) is 0 Å². The molecule has 1 atom stereocenters. The molecule has 0 amide bonds. The largest absolute Gasteiger partial charge is 0.388 e. The van der Waals surface area contributed by atoms with Gasteiger partial charge in [0, 0.05) is 13.0 Å². The van der Waals surface area contributed by atoms with Crippen LogP contribution in [0.4, 0.5) is 0 Å². The third-order valence-corrected chi connectivity index (χ3v) is 1.20. The standard InChI is InChI=1S/C5H10O2.2C2H6/c1-5(6)2-3-7-4-5;2*1-2/h6H,2-4H2,1H3;2*1-2H3. The Morgan fingerprint density at radius 1 is 1.18 bits per heavy atom. The molecule has 1 saturated heterocycles. The fraction of sp³-hybridized carbons (Fsp3) is 1.00. The van der Waals surface area contributed by atoms with Crippen molar-refractivity contribution in [1.29, 1.82) is 0 Å². The number of hydrogen-bond acceptors (Lipinski definition) is 2. The monoisotopic (exact) mass is 162 g/mol. The van der Waals surface area contributed by atoms with Crippen molar-refractivity contribution >= 4 is 0 Å². The first-order valence-corrected chi connectivity index (χ1v) is 4.51. The number of rotatable bonds is 0. The maximum atomic E-state index is 9.07. The third-order valence-electron chi connectivity index (χ3n) is 1.20. The molecule has 0 aromatic heterocycles. The highest BCUT2D eigenvalue weighted by atomic mass is 16.5. The lowest BCUT2D eigenvalue weighted by Crippen LogP contribution is -2.22. The Hall–Kier alpha value is -0.0800. The predicted octanol–water partition coefficient (Wildman–Crippen LogP) is 2.21. The Balaban J connectivity index is 0. The van der Waals surface area contributed by atoms with Gasteiger partial charge in [0.2, 0.25) is 0 Å². The zero-order valence-corrected chi connectivity index (χ0v) is 8.48. The van der Waals surface area contributed by atoms with E-state index in [0.717, 1.165) is 6.42 Å². The van der Waals surface area contributed by atoms with E-state index in [1.165, 1.54) is 0 Å². The average Bonchev–Trinajstić information content (AvgIpc) is 2.43. The highest BCUT2D eigenvalue weighted by molar-refractivity contribution is 4.75. The molecule has 1 rings (SSSR count). The summed E-state index contributed by atoms with van der Waals surface area (Å²) in [5.74, 6) is 0. The summed E-state index contributed by atoms with van der Waals surface area (Å²) in [6.07, 6.45) is 0.785. The van der Waals surface area contributed by atoms with Gasteiger partial charge >= 0.3 is 0 Å². The molecule has 0 saturated carbocycles. The maximum Gasteiger partial charge on any atom is 0.0874 e. The Morgan fingerprint density at radius 3 is 1.73 bits per heavy atom. The average molecular weight is 162 g/mol. The molecule has 11 heavy (non-hydrogen) atoms. The van der Waals surface area contributed by atoms with Crippen LogP contribution >= 0.6 is 0 Å². The van der Waals surface area contributed by atoms with E-state index in [4.69, 9.17) is 9.84 Å². The van der Waals surface area contributed by atoms with E-state index in [1.807, 2.05) is 27.7 Å². The summed E-state index contributed by atoms with van der Waals surface area (Å²) >= 11 is 0. The molecule has 1 unspecified atom stereocenters. The minimum atomic E-state index is -0.528. The van der Waals surface area contributed by atoms with Crippen LogP contribution in [0.5, 0.6) is 0 Å². The molecule has 0 aromatic rings. The van der Waals surface area contributed by atoms with Gasteiger partial charge in [0.15, 0.2) is 0 Å². The summed E-state index contributed by atoms with van der Waals surface area (Å²) in [7, 11) is 0. The number of aliphatic hydroxyl groups is 1. The quantitative estimate of drug-likeness (QED) is 0.591. The molecular weight excluding hydrogens is 140 g/mol. The van der Waals surface area contributed by atoms with Crippen molar-refractivity contribution in [2.75, 3.05) is 13.2 Å².